The number of aromatic nitrogens is 1. The van der Waals surface area contributed by atoms with E-state index in [-0.39, 0.29) is 16.2 Å². The lowest BCUT2D eigenvalue weighted by molar-refractivity contribution is -0.0355. The van der Waals surface area contributed by atoms with Crippen molar-refractivity contribution in [3.05, 3.63) is 102 Å². The van der Waals surface area contributed by atoms with Gasteiger partial charge in [-0.25, -0.2) is 0 Å². The summed E-state index contributed by atoms with van der Waals surface area (Å²) in [4.78, 5) is 4.26. The van der Waals surface area contributed by atoms with Gasteiger partial charge in [-0.05, 0) is 76.2 Å². The van der Waals surface area contributed by atoms with Crippen LogP contribution in [0.5, 0.6) is 0 Å². The summed E-state index contributed by atoms with van der Waals surface area (Å²) in [5.41, 5.74) is 4.67. The summed E-state index contributed by atoms with van der Waals surface area (Å²) < 4.78 is 0. The van der Waals surface area contributed by atoms with E-state index in [0.29, 0.717) is 11.8 Å². The molecule has 0 aliphatic rings. The van der Waals surface area contributed by atoms with Crippen LogP contribution < -0.4 is 0 Å². The van der Waals surface area contributed by atoms with Gasteiger partial charge < -0.3 is 0 Å². The standard InChI is InChI=1S/C32H43N/c1-25(29(30(2,3)4)22-26-18-20-33-21-19-26)32(31(5,6)7,23-27-14-10-8-11-15-27)24-28-16-12-9-13-17-28/h8-21,25,29H,22-24H2,1-7H3. The Labute approximate surface area is 202 Å². The number of hydrogen-bond donors (Lipinski definition) is 0. The van der Waals surface area contributed by atoms with Gasteiger partial charge in [0.25, 0.3) is 0 Å². The van der Waals surface area contributed by atoms with Crippen molar-refractivity contribution in [3.63, 3.8) is 0 Å². The Morgan fingerprint density at radius 3 is 1.48 bits per heavy atom. The molecule has 33 heavy (non-hydrogen) atoms. The zero-order chi connectivity index (χ0) is 24.1. The molecule has 2 unspecified atom stereocenters. The largest absolute Gasteiger partial charge is 0.265 e. The zero-order valence-electron chi connectivity index (χ0n) is 21.8. The minimum Gasteiger partial charge on any atom is -0.265 e. The van der Waals surface area contributed by atoms with Crippen molar-refractivity contribution in [3.8, 4) is 0 Å². The summed E-state index contributed by atoms with van der Waals surface area (Å²) in [7, 11) is 0. The monoisotopic (exact) mass is 441 g/mol. The average Bonchev–Trinajstić information content (AvgIpc) is 2.77. The molecule has 0 fully saturated rings. The molecule has 1 heterocycles. The van der Waals surface area contributed by atoms with Crippen LogP contribution in [-0.2, 0) is 19.3 Å². The van der Waals surface area contributed by atoms with Gasteiger partial charge in [0.05, 0.1) is 0 Å². The molecule has 0 aliphatic carbocycles. The molecule has 0 saturated carbocycles. The Morgan fingerprint density at radius 1 is 0.636 bits per heavy atom. The van der Waals surface area contributed by atoms with Crippen LogP contribution in [0.4, 0.5) is 0 Å². The molecular weight excluding hydrogens is 398 g/mol. The Kier molecular flexibility index (Phi) is 7.83. The molecule has 3 aromatic rings. The average molecular weight is 442 g/mol. The summed E-state index contributed by atoms with van der Waals surface area (Å²) in [5, 5.41) is 0. The van der Waals surface area contributed by atoms with Gasteiger partial charge in [0.1, 0.15) is 0 Å². The minimum absolute atomic E-state index is 0.0979. The van der Waals surface area contributed by atoms with Crippen molar-refractivity contribution in [2.45, 2.75) is 67.7 Å². The predicted octanol–water partition coefficient (Wildman–Crippen LogP) is 8.44. The third-order valence-corrected chi connectivity index (χ3v) is 8.01. The topological polar surface area (TPSA) is 12.9 Å². The van der Waals surface area contributed by atoms with Crippen molar-refractivity contribution in [2.24, 2.45) is 28.1 Å². The van der Waals surface area contributed by atoms with E-state index >= 15 is 0 Å². The van der Waals surface area contributed by atoms with Crippen molar-refractivity contribution < 1.29 is 0 Å². The van der Waals surface area contributed by atoms with Gasteiger partial charge in [-0.1, -0.05) is 109 Å². The normalized spacial score (nSPS) is 14.6. The van der Waals surface area contributed by atoms with Crippen LogP contribution in [0.15, 0.2) is 85.2 Å². The molecule has 0 N–H and O–H groups in total. The highest BCUT2D eigenvalue weighted by Gasteiger charge is 2.50. The van der Waals surface area contributed by atoms with Crippen molar-refractivity contribution in [1.82, 2.24) is 4.98 Å². The second-order valence-corrected chi connectivity index (χ2v) is 12.1. The second-order valence-electron chi connectivity index (χ2n) is 12.1. The van der Waals surface area contributed by atoms with Crippen LogP contribution in [0.2, 0.25) is 0 Å². The molecular formula is C32H43N. The Hall–Kier alpha value is -2.41. The highest BCUT2D eigenvalue weighted by atomic mass is 14.6. The highest BCUT2D eigenvalue weighted by molar-refractivity contribution is 5.24. The molecule has 3 rings (SSSR count). The van der Waals surface area contributed by atoms with E-state index in [9.17, 15) is 0 Å². The quantitative estimate of drug-likeness (QED) is 0.342. The lowest BCUT2D eigenvalue weighted by atomic mass is 9.50. The van der Waals surface area contributed by atoms with Crippen LogP contribution in [0.1, 0.15) is 65.2 Å². The number of hydrogen-bond acceptors (Lipinski definition) is 1. The van der Waals surface area contributed by atoms with Gasteiger partial charge in [0, 0.05) is 12.4 Å². The lowest BCUT2D eigenvalue weighted by Crippen LogP contribution is -2.50. The van der Waals surface area contributed by atoms with Gasteiger partial charge in [0.2, 0.25) is 0 Å². The van der Waals surface area contributed by atoms with E-state index in [1.54, 1.807) is 0 Å². The van der Waals surface area contributed by atoms with Crippen molar-refractivity contribution in [2.75, 3.05) is 0 Å². The molecule has 1 nitrogen and oxygen atoms in total. The summed E-state index contributed by atoms with van der Waals surface area (Å²) in [6, 6.07) is 26.6. The molecule has 0 bridgehead atoms. The minimum atomic E-state index is 0.0979. The molecule has 0 saturated heterocycles. The van der Waals surface area contributed by atoms with Crippen LogP contribution in [-0.4, -0.2) is 4.98 Å². The fourth-order valence-electron chi connectivity index (χ4n) is 5.91. The maximum atomic E-state index is 4.26. The molecule has 0 aliphatic heterocycles. The third kappa shape index (κ3) is 6.14. The fraction of sp³-hybridized carbons (Fsp3) is 0.469. The Bertz CT molecular complexity index is 920. The fourth-order valence-corrected chi connectivity index (χ4v) is 5.91. The molecule has 0 amide bonds. The van der Waals surface area contributed by atoms with Crippen molar-refractivity contribution in [1.29, 1.82) is 0 Å². The van der Waals surface area contributed by atoms with E-state index in [4.69, 9.17) is 0 Å². The first-order valence-electron chi connectivity index (χ1n) is 12.5. The van der Waals surface area contributed by atoms with Crippen LogP contribution >= 0.6 is 0 Å². The van der Waals surface area contributed by atoms with E-state index in [0.717, 1.165) is 19.3 Å². The molecule has 2 atom stereocenters. The SMILES string of the molecule is CC(C(Cc1ccncc1)C(C)(C)C)C(Cc1ccccc1)(Cc1ccccc1)C(C)(C)C. The molecule has 1 aromatic heterocycles. The third-order valence-electron chi connectivity index (χ3n) is 8.01. The molecule has 0 radical (unpaired) electrons. The summed E-state index contributed by atoms with van der Waals surface area (Å²) in [6.45, 7) is 17.2. The van der Waals surface area contributed by atoms with E-state index in [2.05, 4.69) is 126 Å². The van der Waals surface area contributed by atoms with Gasteiger partial charge in [-0.2, -0.15) is 0 Å². The van der Waals surface area contributed by atoms with E-state index in [1.165, 1.54) is 16.7 Å². The van der Waals surface area contributed by atoms with Crippen LogP contribution in [0.3, 0.4) is 0 Å². The lowest BCUT2D eigenvalue weighted by Gasteiger charge is -2.54. The Balaban J connectivity index is 2.13. The number of rotatable bonds is 8. The predicted molar refractivity (Wildman–Crippen MR) is 142 cm³/mol. The number of benzene rings is 2. The van der Waals surface area contributed by atoms with Gasteiger partial charge in [-0.3, -0.25) is 4.98 Å². The zero-order valence-corrected chi connectivity index (χ0v) is 21.8. The Morgan fingerprint density at radius 2 is 1.09 bits per heavy atom. The molecule has 0 spiro atoms. The summed E-state index contributed by atoms with van der Waals surface area (Å²) in [5.74, 6) is 1.04. The molecule has 176 valence electrons. The van der Waals surface area contributed by atoms with Crippen LogP contribution in [0, 0.1) is 28.1 Å². The van der Waals surface area contributed by atoms with Gasteiger partial charge >= 0.3 is 0 Å². The van der Waals surface area contributed by atoms with Crippen LogP contribution in [0.25, 0.3) is 0 Å². The van der Waals surface area contributed by atoms with E-state index < -0.39 is 0 Å². The maximum Gasteiger partial charge on any atom is 0.0270 e. The number of nitrogens with zero attached hydrogens (tertiary/aromatic N) is 1. The number of pyridine rings is 1. The first-order chi connectivity index (χ1) is 15.5. The van der Waals surface area contributed by atoms with Gasteiger partial charge in [-0.15, -0.1) is 0 Å². The molecule has 1 heteroatoms. The summed E-state index contributed by atoms with van der Waals surface area (Å²) in [6.07, 6.45) is 7.11. The maximum absolute atomic E-state index is 4.26. The first kappa shape index (κ1) is 25.2. The second kappa shape index (κ2) is 10.2. The van der Waals surface area contributed by atoms with Gasteiger partial charge in [0.15, 0.2) is 0 Å². The first-order valence-corrected chi connectivity index (χ1v) is 12.5. The van der Waals surface area contributed by atoms with Crippen molar-refractivity contribution >= 4 is 0 Å². The highest BCUT2D eigenvalue weighted by Crippen LogP contribution is 2.55. The smallest absolute Gasteiger partial charge is 0.0270 e. The van der Waals surface area contributed by atoms with E-state index in [1.807, 2.05) is 12.4 Å². The molecule has 2 aromatic carbocycles. The summed E-state index contributed by atoms with van der Waals surface area (Å²) >= 11 is 0.